The van der Waals surface area contributed by atoms with E-state index < -0.39 is 11.9 Å². The van der Waals surface area contributed by atoms with Crippen LogP contribution in [0.1, 0.15) is 33.1 Å². The van der Waals surface area contributed by atoms with Crippen molar-refractivity contribution in [1.82, 2.24) is 4.90 Å². The molecule has 0 aliphatic carbocycles. The zero-order chi connectivity index (χ0) is 17.1. The first-order valence-corrected chi connectivity index (χ1v) is 7.00. The van der Waals surface area contributed by atoms with Gasteiger partial charge in [-0.3, -0.25) is 4.79 Å². The molecule has 1 saturated heterocycles. The Balaban J connectivity index is 0.000000461. The van der Waals surface area contributed by atoms with Gasteiger partial charge in [-0.2, -0.15) is 0 Å². The Bertz CT molecular complexity index is 479. The number of nitrogens with zero attached hydrogens (tertiary/aromatic N) is 1. The van der Waals surface area contributed by atoms with Crippen molar-refractivity contribution in [3.63, 3.8) is 0 Å². The van der Waals surface area contributed by atoms with Crippen molar-refractivity contribution in [2.45, 2.75) is 33.1 Å². The molecule has 0 unspecified atom stereocenters. The largest absolute Gasteiger partial charge is 0.478 e. The number of amides is 1. The lowest BCUT2D eigenvalue weighted by molar-refractivity contribution is -0.138. The summed E-state index contributed by atoms with van der Waals surface area (Å²) in [6.45, 7) is 11.3. The summed E-state index contributed by atoms with van der Waals surface area (Å²) in [4.78, 5) is 33.7. The number of carboxylic acid groups (broad SMARTS) is 1. The molecule has 0 aromatic rings. The van der Waals surface area contributed by atoms with Crippen LogP contribution in [0.5, 0.6) is 0 Å². The van der Waals surface area contributed by atoms with Gasteiger partial charge in [-0.1, -0.05) is 19.2 Å². The Kier molecular flexibility index (Phi) is 9.25. The van der Waals surface area contributed by atoms with Crippen molar-refractivity contribution in [2.24, 2.45) is 0 Å². The number of hydrogen-bond acceptors (Lipinski definition) is 4. The first kappa shape index (κ1) is 19.6. The number of rotatable bonds is 6. The number of allylic oxidation sites excluding steroid dienone is 1. The quantitative estimate of drug-likeness (QED) is 0.601. The van der Waals surface area contributed by atoms with Gasteiger partial charge in [0.25, 0.3) is 0 Å². The van der Waals surface area contributed by atoms with E-state index in [-0.39, 0.29) is 23.5 Å². The van der Waals surface area contributed by atoms with Gasteiger partial charge in [-0.25, -0.2) is 9.59 Å². The van der Waals surface area contributed by atoms with E-state index in [4.69, 9.17) is 5.11 Å². The van der Waals surface area contributed by atoms with Crippen LogP contribution >= 0.6 is 0 Å². The highest BCUT2D eigenvalue weighted by atomic mass is 16.5. The SMILES string of the molecule is C=C(CC=C(C)C(=O)O)C(=O)OCC.C=CN1CCCC1=O. The molecule has 0 atom stereocenters. The molecule has 1 heterocycles. The van der Waals surface area contributed by atoms with E-state index in [1.165, 1.54) is 13.0 Å². The Labute approximate surface area is 130 Å². The molecule has 6 heteroatoms. The van der Waals surface area contributed by atoms with Crippen LogP contribution in [0.25, 0.3) is 0 Å². The summed E-state index contributed by atoms with van der Waals surface area (Å²) >= 11 is 0. The van der Waals surface area contributed by atoms with Crippen LogP contribution in [0, 0.1) is 0 Å². The molecule has 1 N–H and O–H groups in total. The van der Waals surface area contributed by atoms with E-state index in [1.54, 1.807) is 18.0 Å². The number of carboxylic acids is 1. The predicted octanol–water partition coefficient (Wildman–Crippen LogP) is 2.28. The number of carbonyl (C=O) groups is 3. The average molecular weight is 309 g/mol. The second kappa shape index (κ2) is 10.4. The standard InChI is InChI=1S/C10H14O4.C6H9NO/c1-4-14-10(13)8(3)6-5-7(2)9(11)12;1-2-7-5-3-4-6(7)8/h5H,3-4,6H2,1-2H3,(H,11,12);2H,1,3-5H2. The molecule has 0 radical (unpaired) electrons. The average Bonchev–Trinajstić information content (AvgIpc) is 2.90. The summed E-state index contributed by atoms with van der Waals surface area (Å²) in [7, 11) is 0. The fourth-order valence-corrected chi connectivity index (χ4v) is 1.54. The number of carbonyl (C=O) groups excluding carboxylic acids is 2. The molecule has 1 rings (SSSR count). The maximum atomic E-state index is 11.0. The molecule has 0 bridgehead atoms. The monoisotopic (exact) mass is 309 g/mol. The molecular weight excluding hydrogens is 286 g/mol. The summed E-state index contributed by atoms with van der Waals surface area (Å²) in [5.74, 6) is -1.27. The minimum Gasteiger partial charge on any atom is -0.478 e. The molecule has 0 aromatic heterocycles. The molecule has 1 aliphatic heterocycles. The van der Waals surface area contributed by atoms with Crippen LogP contribution in [0.15, 0.2) is 36.6 Å². The lowest BCUT2D eigenvalue weighted by Crippen LogP contribution is -2.16. The molecule has 0 saturated carbocycles. The minimum absolute atomic E-state index is 0.190. The van der Waals surface area contributed by atoms with Crippen molar-refractivity contribution in [1.29, 1.82) is 0 Å². The van der Waals surface area contributed by atoms with Gasteiger partial charge in [0, 0.05) is 24.1 Å². The molecule has 122 valence electrons. The Hall–Kier alpha value is -2.37. The van der Waals surface area contributed by atoms with E-state index in [1.807, 2.05) is 0 Å². The van der Waals surface area contributed by atoms with Crippen molar-refractivity contribution >= 4 is 17.8 Å². The smallest absolute Gasteiger partial charge is 0.333 e. The molecule has 0 spiro atoms. The van der Waals surface area contributed by atoms with Crippen LogP contribution < -0.4 is 0 Å². The van der Waals surface area contributed by atoms with Crippen molar-refractivity contribution in [3.05, 3.63) is 36.6 Å². The number of likely N-dealkylation sites (tertiary alicyclic amines) is 1. The molecule has 22 heavy (non-hydrogen) atoms. The zero-order valence-corrected chi connectivity index (χ0v) is 13.1. The summed E-state index contributed by atoms with van der Waals surface area (Å²) in [6.07, 6.45) is 4.92. The fraction of sp³-hybridized carbons (Fsp3) is 0.438. The first-order valence-electron chi connectivity index (χ1n) is 7.00. The summed E-state index contributed by atoms with van der Waals surface area (Å²) in [6, 6.07) is 0. The third-order valence-corrected chi connectivity index (χ3v) is 2.89. The second-order valence-electron chi connectivity index (χ2n) is 4.59. The van der Waals surface area contributed by atoms with E-state index in [0.717, 1.165) is 13.0 Å². The van der Waals surface area contributed by atoms with Gasteiger partial charge in [-0.15, -0.1) is 0 Å². The Morgan fingerprint density at radius 1 is 1.45 bits per heavy atom. The van der Waals surface area contributed by atoms with Gasteiger partial charge < -0.3 is 14.7 Å². The molecule has 1 fully saturated rings. The van der Waals surface area contributed by atoms with Gasteiger partial charge in [-0.05, 0) is 32.9 Å². The third kappa shape index (κ3) is 7.42. The molecule has 6 nitrogen and oxygen atoms in total. The summed E-state index contributed by atoms with van der Waals surface area (Å²) < 4.78 is 4.68. The highest BCUT2D eigenvalue weighted by molar-refractivity contribution is 5.89. The van der Waals surface area contributed by atoms with E-state index in [9.17, 15) is 14.4 Å². The van der Waals surface area contributed by atoms with Gasteiger partial charge >= 0.3 is 11.9 Å². The lowest BCUT2D eigenvalue weighted by Gasteiger charge is -2.05. The van der Waals surface area contributed by atoms with E-state index in [2.05, 4.69) is 17.9 Å². The van der Waals surface area contributed by atoms with Gasteiger partial charge in [0.2, 0.25) is 5.91 Å². The fourth-order valence-electron chi connectivity index (χ4n) is 1.54. The van der Waals surface area contributed by atoms with Gasteiger partial charge in [0.15, 0.2) is 0 Å². The van der Waals surface area contributed by atoms with Crippen molar-refractivity contribution in [3.8, 4) is 0 Å². The number of hydrogen-bond donors (Lipinski definition) is 1. The van der Waals surface area contributed by atoms with Crippen molar-refractivity contribution in [2.75, 3.05) is 13.2 Å². The second-order valence-corrected chi connectivity index (χ2v) is 4.59. The Morgan fingerprint density at radius 3 is 2.45 bits per heavy atom. The molecule has 1 amide bonds. The molecular formula is C16H23NO5. The van der Waals surface area contributed by atoms with Gasteiger partial charge in [0.05, 0.1) is 6.61 Å². The highest BCUT2D eigenvalue weighted by Gasteiger charge is 2.16. The van der Waals surface area contributed by atoms with Crippen LogP contribution in [0.4, 0.5) is 0 Å². The minimum atomic E-state index is -0.998. The normalized spacial score (nSPS) is 14.0. The first-order chi connectivity index (χ1) is 10.3. The van der Waals surface area contributed by atoms with Crippen LogP contribution in [0.3, 0.4) is 0 Å². The van der Waals surface area contributed by atoms with E-state index in [0.29, 0.717) is 13.0 Å². The number of aliphatic carboxylic acids is 1. The van der Waals surface area contributed by atoms with E-state index >= 15 is 0 Å². The maximum absolute atomic E-state index is 11.0. The topological polar surface area (TPSA) is 83.9 Å². The van der Waals surface area contributed by atoms with Crippen LogP contribution in [-0.2, 0) is 19.1 Å². The zero-order valence-electron chi connectivity index (χ0n) is 13.1. The number of esters is 1. The Morgan fingerprint density at radius 2 is 2.09 bits per heavy atom. The van der Waals surface area contributed by atoms with Crippen LogP contribution in [-0.4, -0.2) is 41.0 Å². The summed E-state index contributed by atoms with van der Waals surface area (Å²) in [5, 5.41) is 8.52. The molecule has 1 aliphatic rings. The summed E-state index contributed by atoms with van der Waals surface area (Å²) in [5.41, 5.74) is 0.447. The number of ether oxygens (including phenoxy) is 1. The maximum Gasteiger partial charge on any atom is 0.333 e. The third-order valence-electron chi connectivity index (χ3n) is 2.89. The van der Waals surface area contributed by atoms with Crippen molar-refractivity contribution < 1.29 is 24.2 Å². The van der Waals surface area contributed by atoms with Crippen LogP contribution in [0.2, 0.25) is 0 Å². The lowest BCUT2D eigenvalue weighted by atomic mass is 10.1. The van der Waals surface area contributed by atoms with Gasteiger partial charge in [0.1, 0.15) is 0 Å². The predicted molar refractivity (Wildman–Crippen MR) is 82.9 cm³/mol. The highest BCUT2D eigenvalue weighted by Crippen LogP contribution is 2.08. The molecule has 0 aromatic carbocycles.